The summed E-state index contributed by atoms with van der Waals surface area (Å²) in [7, 11) is -3.15. The number of rotatable bonds is 6. The van der Waals surface area contributed by atoms with Gasteiger partial charge >= 0.3 is 0 Å². The highest BCUT2D eigenvalue weighted by Gasteiger charge is 2.37. The summed E-state index contributed by atoms with van der Waals surface area (Å²) in [5.41, 5.74) is 0. The van der Waals surface area contributed by atoms with Gasteiger partial charge in [0, 0.05) is 18.6 Å². The maximum absolute atomic E-state index is 12.3. The molecule has 1 N–H and O–H groups in total. The Morgan fingerprint density at radius 1 is 1.12 bits per heavy atom. The van der Waals surface area contributed by atoms with Gasteiger partial charge in [0.1, 0.15) is 18.1 Å². The van der Waals surface area contributed by atoms with Gasteiger partial charge in [-0.1, -0.05) is 6.42 Å². The number of hydrogen-bond acceptors (Lipinski definition) is 5. The molecule has 1 atom stereocenters. The zero-order chi connectivity index (χ0) is 17.2. The van der Waals surface area contributed by atoms with Crippen molar-refractivity contribution in [1.29, 1.82) is 0 Å². The summed E-state index contributed by atoms with van der Waals surface area (Å²) >= 11 is 0. The normalized spacial score (nSPS) is 24.0. The van der Waals surface area contributed by atoms with Crippen LogP contribution in [-0.2, 0) is 23.2 Å². The van der Waals surface area contributed by atoms with E-state index in [-0.39, 0.29) is 18.7 Å². The number of aliphatic hydroxyl groups is 1. The van der Waals surface area contributed by atoms with Gasteiger partial charge in [0.25, 0.3) is 0 Å². The number of hydrogen-bond donors (Lipinski definition) is 1. The first-order valence-electron chi connectivity index (χ1n) is 8.86. The molecule has 1 aliphatic heterocycles. The molecule has 1 aromatic rings. The second-order valence-corrected chi connectivity index (χ2v) is 8.95. The first kappa shape index (κ1) is 17.9. The Morgan fingerprint density at radius 2 is 1.79 bits per heavy atom. The van der Waals surface area contributed by atoms with E-state index in [1.54, 1.807) is 10.4 Å². The van der Waals surface area contributed by atoms with Gasteiger partial charge < -0.3 is 9.52 Å². The van der Waals surface area contributed by atoms with Crippen molar-refractivity contribution in [1.82, 2.24) is 9.21 Å². The lowest BCUT2D eigenvalue weighted by Crippen LogP contribution is -2.49. The van der Waals surface area contributed by atoms with E-state index >= 15 is 0 Å². The van der Waals surface area contributed by atoms with E-state index < -0.39 is 10.0 Å². The maximum Gasteiger partial charge on any atom is 0.211 e. The molecule has 0 unspecified atom stereocenters. The summed E-state index contributed by atoms with van der Waals surface area (Å²) in [5, 5.41) is 9.08. The zero-order valence-electron chi connectivity index (χ0n) is 14.4. The second-order valence-electron chi connectivity index (χ2n) is 7.06. The topological polar surface area (TPSA) is 74.0 Å². The predicted molar refractivity (Wildman–Crippen MR) is 91.9 cm³/mol. The first-order valence-corrected chi connectivity index (χ1v) is 10.7. The van der Waals surface area contributed by atoms with Gasteiger partial charge in [-0.2, -0.15) is 4.31 Å². The number of sulfonamides is 1. The molecule has 0 spiro atoms. The zero-order valence-corrected chi connectivity index (χ0v) is 15.2. The predicted octanol–water partition coefficient (Wildman–Crippen LogP) is 1.94. The van der Waals surface area contributed by atoms with E-state index in [4.69, 9.17) is 9.52 Å². The Labute approximate surface area is 144 Å². The van der Waals surface area contributed by atoms with Gasteiger partial charge in [-0.3, -0.25) is 4.90 Å². The molecule has 1 aromatic heterocycles. The highest BCUT2D eigenvalue weighted by Crippen LogP contribution is 2.32. The van der Waals surface area contributed by atoms with Crippen molar-refractivity contribution < 1.29 is 17.9 Å². The fourth-order valence-corrected chi connectivity index (χ4v) is 5.35. The molecule has 0 radical (unpaired) electrons. The minimum atomic E-state index is -3.15. The summed E-state index contributed by atoms with van der Waals surface area (Å²) in [6, 6.07) is 4.05. The quantitative estimate of drug-likeness (QED) is 0.843. The summed E-state index contributed by atoms with van der Waals surface area (Å²) in [6.07, 6.45) is 7.30. The van der Waals surface area contributed by atoms with Gasteiger partial charge in [0.2, 0.25) is 10.0 Å². The molecule has 2 heterocycles. The van der Waals surface area contributed by atoms with Crippen molar-refractivity contribution in [3.8, 4) is 0 Å². The lowest BCUT2D eigenvalue weighted by molar-refractivity contribution is 0.160. The van der Waals surface area contributed by atoms with E-state index in [1.807, 2.05) is 6.07 Å². The molecule has 0 aromatic carbocycles. The van der Waals surface area contributed by atoms with E-state index in [0.717, 1.165) is 63.9 Å². The highest BCUT2D eigenvalue weighted by molar-refractivity contribution is 7.88. The number of nitrogens with zero attached hydrogens (tertiary/aromatic N) is 2. The Balaban J connectivity index is 1.61. The molecule has 1 saturated carbocycles. The van der Waals surface area contributed by atoms with E-state index in [9.17, 15) is 8.42 Å². The molecular weight excluding hydrogens is 328 g/mol. The fourth-order valence-electron chi connectivity index (χ4n) is 3.84. The van der Waals surface area contributed by atoms with Crippen molar-refractivity contribution in [3.63, 3.8) is 0 Å². The number of furan rings is 1. The lowest BCUT2D eigenvalue weighted by atomic mass is 9.91. The molecule has 2 aliphatic rings. The van der Waals surface area contributed by atoms with Gasteiger partial charge in [0.05, 0.1) is 12.8 Å². The third kappa shape index (κ3) is 4.20. The average Bonchev–Trinajstić information content (AvgIpc) is 2.80. The summed E-state index contributed by atoms with van der Waals surface area (Å²) in [5.74, 6) is 1.45. The molecule has 136 valence electrons. The minimum absolute atomic E-state index is 0.0766. The van der Waals surface area contributed by atoms with Crippen LogP contribution in [0.1, 0.15) is 50.0 Å². The maximum atomic E-state index is 12.3. The monoisotopic (exact) mass is 356 g/mol. The van der Waals surface area contributed by atoms with E-state index in [1.165, 1.54) is 6.26 Å². The van der Waals surface area contributed by atoms with Gasteiger partial charge in [0.15, 0.2) is 0 Å². The van der Waals surface area contributed by atoms with E-state index in [2.05, 4.69) is 4.90 Å². The summed E-state index contributed by atoms with van der Waals surface area (Å²) in [6.45, 7) is 2.47. The third-order valence-electron chi connectivity index (χ3n) is 5.22. The fraction of sp³-hybridized carbons (Fsp3) is 0.765. The largest absolute Gasteiger partial charge is 0.462 e. The van der Waals surface area contributed by atoms with Crippen molar-refractivity contribution in [2.75, 3.05) is 19.3 Å². The van der Waals surface area contributed by atoms with Crippen LogP contribution in [0.15, 0.2) is 16.5 Å². The molecule has 0 bridgehead atoms. The Kier molecular flexibility index (Phi) is 5.64. The molecule has 24 heavy (non-hydrogen) atoms. The molecule has 7 heteroatoms. The minimum Gasteiger partial charge on any atom is -0.462 e. The van der Waals surface area contributed by atoms with E-state index in [0.29, 0.717) is 5.76 Å². The van der Waals surface area contributed by atoms with Crippen molar-refractivity contribution in [3.05, 3.63) is 23.7 Å². The van der Waals surface area contributed by atoms with Gasteiger partial charge in [-0.25, -0.2) is 8.42 Å². The summed E-state index contributed by atoms with van der Waals surface area (Å²) < 4.78 is 31.9. The molecule has 0 amide bonds. The lowest BCUT2D eigenvalue weighted by Gasteiger charge is -2.40. The Bertz CT molecular complexity index is 639. The van der Waals surface area contributed by atoms with Crippen LogP contribution in [0.3, 0.4) is 0 Å². The van der Waals surface area contributed by atoms with Crippen LogP contribution in [0.4, 0.5) is 0 Å². The molecule has 6 nitrogen and oxygen atoms in total. The molecule has 2 fully saturated rings. The highest BCUT2D eigenvalue weighted by atomic mass is 32.2. The van der Waals surface area contributed by atoms with Crippen molar-refractivity contribution in [2.24, 2.45) is 0 Å². The molecular formula is C17H28N2O4S. The van der Waals surface area contributed by atoms with Crippen LogP contribution in [0.25, 0.3) is 0 Å². The third-order valence-corrected chi connectivity index (χ3v) is 6.58. The average molecular weight is 356 g/mol. The second kappa shape index (κ2) is 7.56. The Morgan fingerprint density at radius 3 is 2.38 bits per heavy atom. The van der Waals surface area contributed by atoms with Crippen LogP contribution < -0.4 is 0 Å². The summed E-state index contributed by atoms with van der Waals surface area (Å²) in [4.78, 5) is 2.32. The first-order chi connectivity index (χ1) is 11.5. The van der Waals surface area contributed by atoms with Crippen LogP contribution in [-0.4, -0.2) is 54.2 Å². The van der Waals surface area contributed by atoms with Crippen LogP contribution >= 0.6 is 0 Å². The van der Waals surface area contributed by atoms with Crippen LogP contribution in [0.2, 0.25) is 0 Å². The molecule has 1 aliphatic carbocycles. The molecule has 1 saturated heterocycles. The number of aliphatic hydroxyl groups excluding tert-OH is 1. The SMILES string of the molecule is CS(=O)(=O)N(C1CCC1)[C@H]1CCCN(Cc2ccc(CO)o2)CC1. The van der Waals surface area contributed by atoms with Gasteiger partial charge in [-0.05, 0) is 50.8 Å². The van der Waals surface area contributed by atoms with Crippen molar-refractivity contribution in [2.45, 2.75) is 63.8 Å². The van der Waals surface area contributed by atoms with Crippen LogP contribution in [0, 0.1) is 0 Å². The Hall–Kier alpha value is -0.890. The van der Waals surface area contributed by atoms with Crippen LogP contribution in [0.5, 0.6) is 0 Å². The van der Waals surface area contributed by atoms with Gasteiger partial charge in [-0.15, -0.1) is 0 Å². The smallest absolute Gasteiger partial charge is 0.211 e. The standard InChI is InChI=1S/C17H28N2O4S/c1-24(21,22)19(14-4-2-5-14)15-6-3-10-18(11-9-15)12-16-7-8-17(13-20)23-16/h7-8,14-15,20H,2-6,9-13H2,1H3/t15-/m0/s1. The van der Waals surface area contributed by atoms with Crippen molar-refractivity contribution >= 4 is 10.0 Å². The molecule has 3 rings (SSSR count). The number of likely N-dealkylation sites (tertiary alicyclic amines) is 1.